The summed E-state index contributed by atoms with van der Waals surface area (Å²) in [5.41, 5.74) is 1.21. The lowest BCUT2D eigenvalue weighted by Gasteiger charge is -2.40. The smallest absolute Gasteiger partial charge is 0.143 e. The van der Waals surface area contributed by atoms with Gasteiger partial charge in [0.05, 0.1) is 13.2 Å². The molecular weight excluding hydrogens is 228 g/mol. The minimum atomic E-state index is 0.168. The van der Waals surface area contributed by atoms with Crippen LogP contribution in [0.4, 0.5) is 0 Å². The van der Waals surface area contributed by atoms with E-state index in [1.165, 1.54) is 5.57 Å². The zero-order chi connectivity index (χ0) is 13.5. The number of carbonyl (C=O) groups is 1. The van der Waals surface area contributed by atoms with Crippen LogP contribution in [0.3, 0.4) is 0 Å². The Balaban J connectivity index is 2.37. The lowest BCUT2D eigenvalue weighted by atomic mass is 10.1. The van der Waals surface area contributed by atoms with Crippen molar-refractivity contribution in [2.45, 2.75) is 32.7 Å². The van der Waals surface area contributed by atoms with E-state index in [1.807, 2.05) is 6.92 Å². The van der Waals surface area contributed by atoms with E-state index in [4.69, 9.17) is 0 Å². The summed E-state index contributed by atoms with van der Waals surface area (Å²) < 4.78 is 0. The van der Waals surface area contributed by atoms with Crippen LogP contribution in [-0.4, -0.2) is 66.1 Å². The second kappa shape index (κ2) is 7.67. The summed E-state index contributed by atoms with van der Waals surface area (Å²) >= 11 is 0. The molecule has 1 N–H and O–H groups in total. The molecule has 1 saturated heterocycles. The molecule has 4 heteroatoms. The van der Waals surface area contributed by atoms with Crippen molar-refractivity contribution in [1.82, 2.24) is 9.80 Å². The Morgan fingerprint density at radius 3 is 2.67 bits per heavy atom. The number of hydrogen-bond acceptors (Lipinski definition) is 4. The highest BCUT2D eigenvalue weighted by atomic mass is 16.3. The molecule has 1 fully saturated rings. The first-order valence-electron chi connectivity index (χ1n) is 6.74. The Morgan fingerprint density at radius 1 is 1.39 bits per heavy atom. The second-order valence-electron chi connectivity index (χ2n) is 5.37. The molecule has 0 amide bonds. The number of nitrogens with zero attached hydrogens (tertiary/aromatic N) is 2. The van der Waals surface area contributed by atoms with Crippen LogP contribution in [-0.2, 0) is 4.79 Å². The molecule has 104 valence electrons. The summed E-state index contributed by atoms with van der Waals surface area (Å²) in [6.45, 7) is 11.9. The number of piperazine rings is 1. The van der Waals surface area contributed by atoms with Crippen molar-refractivity contribution < 1.29 is 9.90 Å². The van der Waals surface area contributed by atoms with E-state index < -0.39 is 0 Å². The van der Waals surface area contributed by atoms with Gasteiger partial charge in [-0.3, -0.25) is 14.6 Å². The van der Waals surface area contributed by atoms with Gasteiger partial charge < -0.3 is 5.11 Å². The molecule has 0 saturated carbocycles. The van der Waals surface area contributed by atoms with E-state index in [-0.39, 0.29) is 18.4 Å². The third kappa shape index (κ3) is 5.29. The molecular formula is C14H26N2O2. The Bertz CT molecular complexity index is 292. The first-order chi connectivity index (χ1) is 8.52. The Hall–Kier alpha value is -0.710. The summed E-state index contributed by atoms with van der Waals surface area (Å²) in [5, 5.41) is 9.45. The molecule has 0 aromatic heterocycles. The minimum Gasteiger partial charge on any atom is -0.395 e. The number of Topliss-reactive ketones (excluding diaryl/α,β-unsaturated/α-hetero) is 1. The van der Waals surface area contributed by atoms with Crippen LogP contribution in [0.2, 0.25) is 0 Å². The number of rotatable bonds is 7. The van der Waals surface area contributed by atoms with Crippen molar-refractivity contribution in [3.63, 3.8) is 0 Å². The van der Waals surface area contributed by atoms with Gasteiger partial charge in [0, 0.05) is 25.7 Å². The van der Waals surface area contributed by atoms with Crippen molar-refractivity contribution in [2.24, 2.45) is 0 Å². The van der Waals surface area contributed by atoms with Crippen LogP contribution < -0.4 is 0 Å². The zero-order valence-corrected chi connectivity index (χ0v) is 11.7. The highest BCUT2D eigenvalue weighted by molar-refractivity contribution is 5.77. The molecule has 0 bridgehead atoms. The van der Waals surface area contributed by atoms with E-state index in [0.29, 0.717) is 6.54 Å². The van der Waals surface area contributed by atoms with E-state index >= 15 is 0 Å². The summed E-state index contributed by atoms with van der Waals surface area (Å²) in [6.07, 6.45) is 2.14. The fraction of sp³-hybridized carbons (Fsp3) is 0.786. The van der Waals surface area contributed by atoms with Crippen LogP contribution in [0, 0.1) is 0 Å². The molecule has 0 spiro atoms. The highest BCUT2D eigenvalue weighted by Gasteiger charge is 2.26. The first-order valence-corrected chi connectivity index (χ1v) is 6.74. The predicted molar refractivity (Wildman–Crippen MR) is 73.6 cm³/mol. The van der Waals surface area contributed by atoms with E-state index in [9.17, 15) is 9.90 Å². The molecule has 1 aliphatic heterocycles. The lowest BCUT2D eigenvalue weighted by molar-refractivity contribution is -0.119. The number of aliphatic hydroxyl groups is 1. The number of aliphatic hydroxyl groups excluding tert-OH is 1. The third-order valence-corrected chi connectivity index (χ3v) is 3.39. The van der Waals surface area contributed by atoms with Crippen LogP contribution in [0.25, 0.3) is 0 Å². The normalized spacial score (nSPS) is 22.1. The third-order valence-electron chi connectivity index (χ3n) is 3.39. The van der Waals surface area contributed by atoms with Gasteiger partial charge >= 0.3 is 0 Å². The fourth-order valence-electron chi connectivity index (χ4n) is 2.47. The van der Waals surface area contributed by atoms with Crippen LogP contribution in [0.5, 0.6) is 0 Å². The fourth-order valence-corrected chi connectivity index (χ4v) is 2.47. The maximum atomic E-state index is 11.1. The zero-order valence-electron chi connectivity index (χ0n) is 11.7. The molecule has 1 aliphatic rings. The predicted octanol–water partition coefficient (Wildman–Crippen LogP) is 0.910. The lowest BCUT2D eigenvalue weighted by Crippen LogP contribution is -2.55. The summed E-state index contributed by atoms with van der Waals surface area (Å²) in [7, 11) is 0. The molecule has 1 heterocycles. The van der Waals surface area contributed by atoms with Crippen molar-refractivity contribution in [2.75, 3.05) is 39.3 Å². The van der Waals surface area contributed by atoms with E-state index in [1.54, 1.807) is 6.92 Å². The van der Waals surface area contributed by atoms with Gasteiger partial charge in [-0.2, -0.15) is 0 Å². The Morgan fingerprint density at radius 2 is 2.11 bits per heavy atom. The van der Waals surface area contributed by atoms with Crippen LogP contribution in [0.15, 0.2) is 12.2 Å². The molecule has 1 rings (SSSR count). The molecule has 0 unspecified atom stereocenters. The van der Waals surface area contributed by atoms with Gasteiger partial charge in [-0.25, -0.2) is 0 Å². The maximum absolute atomic E-state index is 11.1. The average Bonchev–Trinajstić information content (AvgIpc) is 2.29. The SMILES string of the molecule is C=C(C)CCCN1CCN(CC(C)=O)C[C@@H]1CO. The minimum absolute atomic E-state index is 0.168. The van der Waals surface area contributed by atoms with Gasteiger partial charge in [0.25, 0.3) is 0 Å². The molecule has 0 radical (unpaired) electrons. The van der Waals surface area contributed by atoms with Crippen molar-refractivity contribution in [3.05, 3.63) is 12.2 Å². The van der Waals surface area contributed by atoms with Gasteiger partial charge in [-0.1, -0.05) is 5.57 Å². The van der Waals surface area contributed by atoms with Gasteiger partial charge in [-0.05, 0) is 33.2 Å². The van der Waals surface area contributed by atoms with E-state index in [0.717, 1.165) is 39.0 Å². The number of carbonyl (C=O) groups excluding carboxylic acids is 1. The molecule has 0 aromatic carbocycles. The molecule has 4 nitrogen and oxygen atoms in total. The van der Waals surface area contributed by atoms with Crippen LogP contribution >= 0.6 is 0 Å². The van der Waals surface area contributed by atoms with Crippen molar-refractivity contribution >= 4 is 5.78 Å². The summed E-state index contributed by atoms with van der Waals surface area (Å²) in [4.78, 5) is 15.6. The summed E-state index contributed by atoms with van der Waals surface area (Å²) in [6, 6.07) is 0.170. The summed E-state index contributed by atoms with van der Waals surface area (Å²) in [5.74, 6) is 0.197. The standard InChI is InChI=1S/C14H26N2O2/c1-12(2)5-4-6-16-8-7-15(9-13(3)18)10-14(16)11-17/h14,17H,1,4-11H2,2-3H3/t14-/m1/s1. The first kappa shape index (κ1) is 15.3. The number of ketones is 1. The topological polar surface area (TPSA) is 43.8 Å². The highest BCUT2D eigenvalue weighted by Crippen LogP contribution is 2.12. The second-order valence-corrected chi connectivity index (χ2v) is 5.37. The quantitative estimate of drug-likeness (QED) is 0.686. The Kier molecular flexibility index (Phi) is 6.54. The van der Waals surface area contributed by atoms with Gasteiger partial charge in [0.1, 0.15) is 5.78 Å². The number of allylic oxidation sites excluding steroid dienone is 1. The van der Waals surface area contributed by atoms with Gasteiger partial charge in [0.2, 0.25) is 0 Å². The average molecular weight is 254 g/mol. The largest absolute Gasteiger partial charge is 0.395 e. The maximum Gasteiger partial charge on any atom is 0.143 e. The molecule has 0 aliphatic carbocycles. The monoisotopic (exact) mass is 254 g/mol. The Labute approximate surface area is 110 Å². The van der Waals surface area contributed by atoms with Crippen LogP contribution in [0.1, 0.15) is 26.7 Å². The van der Waals surface area contributed by atoms with Crippen molar-refractivity contribution in [1.29, 1.82) is 0 Å². The van der Waals surface area contributed by atoms with Gasteiger partial charge in [0.15, 0.2) is 0 Å². The molecule has 1 atom stereocenters. The van der Waals surface area contributed by atoms with Crippen molar-refractivity contribution in [3.8, 4) is 0 Å². The molecule has 0 aromatic rings. The van der Waals surface area contributed by atoms with E-state index in [2.05, 4.69) is 16.4 Å². The number of hydrogen-bond donors (Lipinski definition) is 1. The molecule has 18 heavy (non-hydrogen) atoms. The van der Waals surface area contributed by atoms with Gasteiger partial charge in [-0.15, -0.1) is 6.58 Å².